The van der Waals surface area contributed by atoms with E-state index in [4.69, 9.17) is 35.4 Å². The third-order valence-electron chi connectivity index (χ3n) is 5.17. The Hall–Kier alpha value is -3.00. The van der Waals surface area contributed by atoms with Crippen LogP contribution in [0, 0.1) is 6.92 Å². The van der Waals surface area contributed by atoms with Crippen molar-refractivity contribution >= 4 is 63.2 Å². The van der Waals surface area contributed by atoms with Gasteiger partial charge in [-0.15, -0.1) is 10.2 Å². The van der Waals surface area contributed by atoms with Crippen molar-refractivity contribution in [3.05, 3.63) is 81.3 Å². The van der Waals surface area contributed by atoms with Crippen molar-refractivity contribution in [1.82, 2.24) is 20.3 Å². The summed E-state index contributed by atoms with van der Waals surface area (Å²) in [5.41, 5.74) is 5.50. The van der Waals surface area contributed by atoms with Gasteiger partial charge in [0.05, 0.1) is 16.3 Å². The molecule has 0 aliphatic carbocycles. The molecule has 0 aliphatic heterocycles. The quantitative estimate of drug-likeness (QED) is 0.324. The second-order valence-electron chi connectivity index (χ2n) is 7.92. The van der Waals surface area contributed by atoms with E-state index in [1.54, 1.807) is 16.9 Å². The van der Waals surface area contributed by atoms with Crippen molar-refractivity contribution in [3.63, 3.8) is 0 Å². The minimum absolute atomic E-state index is 0.144. The van der Waals surface area contributed by atoms with Gasteiger partial charge in [0.1, 0.15) is 11.0 Å². The number of hydrogen-bond donors (Lipinski definition) is 2. The molecule has 4 rings (SSSR count). The first-order valence-electron chi connectivity index (χ1n) is 10.3. The Morgan fingerprint density at radius 2 is 1.67 bits per heavy atom. The van der Waals surface area contributed by atoms with Crippen molar-refractivity contribution in [2.75, 3.05) is 5.32 Å². The van der Waals surface area contributed by atoms with Gasteiger partial charge in [0.2, 0.25) is 0 Å². The lowest BCUT2D eigenvalue weighted by Crippen LogP contribution is -2.34. The maximum Gasteiger partial charge on any atom is 0.258 e. The van der Waals surface area contributed by atoms with Gasteiger partial charge in [-0.25, -0.2) is 0 Å². The molecule has 0 saturated carbocycles. The van der Waals surface area contributed by atoms with Crippen molar-refractivity contribution in [2.24, 2.45) is 0 Å². The molecule has 1 amide bonds. The molecule has 6 nitrogen and oxygen atoms in total. The molecule has 3 aromatic carbocycles. The molecule has 0 radical (unpaired) electrons. The van der Waals surface area contributed by atoms with Crippen molar-refractivity contribution in [3.8, 4) is 5.69 Å². The number of nitrogens with one attached hydrogen (secondary N) is 2. The van der Waals surface area contributed by atoms with Gasteiger partial charge >= 0.3 is 0 Å². The molecule has 0 fully saturated rings. The van der Waals surface area contributed by atoms with E-state index in [-0.39, 0.29) is 15.7 Å². The third kappa shape index (κ3) is 5.16. The molecular weight excluding hydrogens is 477 g/mol. The van der Waals surface area contributed by atoms with Crippen LogP contribution in [0.1, 0.15) is 41.3 Å². The van der Waals surface area contributed by atoms with E-state index in [2.05, 4.69) is 46.8 Å². The molecule has 0 saturated heterocycles. The average molecular weight is 498 g/mol. The van der Waals surface area contributed by atoms with Crippen molar-refractivity contribution in [1.29, 1.82) is 0 Å². The minimum atomic E-state index is -0.427. The van der Waals surface area contributed by atoms with E-state index in [0.29, 0.717) is 16.5 Å². The van der Waals surface area contributed by atoms with Crippen molar-refractivity contribution < 1.29 is 4.79 Å². The molecule has 2 N–H and O–H groups in total. The third-order valence-corrected chi connectivity index (χ3v) is 5.92. The number of thiocarbonyl (C=S) groups is 1. The highest BCUT2D eigenvalue weighted by Gasteiger charge is 2.14. The van der Waals surface area contributed by atoms with Gasteiger partial charge in [0.15, 0.2) is 5.11 Å². The Bertz CT molecular complexity index is 1370. The van der Waals surface area contributed by atoms with Crippen LogP contribution in [0.2, 0.25) is 10.0 Å². The summed E-state index contributed by atoms with van der Waals surface area (Å²) in [6.45, 7) is 6.24. The topological polar surface area (TPSA) is 71.8 Å². The summed E-state index contributed by atoms with van der Waals surface area (Å²) in [7, 11) is 0. The highest BCUT2D eigenvalue weighted by molar-refractivity contribution is 7.80. The first-order valence-corrected chi connectivity index (χ1v) is 11.4. The summed E-state index contributed by atoms with van der Waals surface area (Å²) >= 11 is 17.3. The fraction of sp³-hybridized carbons (Fsp3) is 0.167. The lowest BCUT2D eigenvalue weighted by Gasteiger charge is -2.12. The van der Waals surface area contributed by atoms with Crippen LogP contribution in [0.5, 0.6) is 0 Å². The number of aryl methyl sites for hydroxylation is 1. The van der Waals surface area contributed by atoms with Gasteiger partial charge in [-0.1, -0.05) is 49.2 Å². The largest absolute Gasteiger partial charge is 0.332 e. The molecule has 1 heterocycles. The summed E-state index contributed by atoms with van der Waals surface area (Å²) in [6, 6.07) is 16.6. The molecule has 1 aromatic heterocycles. The Kier molecular flexibility index (Phi) is 6.65. The number of benzene rings is 3. The summed E-state index contributed by atoms with van der Waals surface area (Å²) in [5, 5.41) is 15.7. The molecule has 33 heavy (non-hydrogen) atoms. The number of anilines is 1. The van der Waals surface area contributed by atoms with Gasteiger partial charge in [-0.05, 0) is 78.7 Å². The highest BCUT2D eigenvalue weighted by Crippen LogP contribution is 2.24. The molecule has 0 bridgehead atoms. The minimum Gasteiger partial charge on any atom is -0.332 e. The van der Waals surface area contributed by atoms with Gasteiger partial charge in [-0.2, -0.15) is 4.80 Å². The molecule has 0 unspecified atom stereocenters. The standard InChI is InChI=1S/C24H21Cl2N5OS/c1-13(2)15-4-7-17(8-5-15)31-29-21-10-14(3)20(12-22(21)30-31)27-24(33)28-23(32)18-9-6-16(25)11-19(18)26/h4-13H,1-3H3,(H2,27,28,32,33). The van der Waals surface area contributed by atoms with Crippen LogP contribution in [0.25, 0.3) is 16.7 Å². The molecular formula is C24H21Cl2N5OS. The Morgan fingerprint density at radius 1 is 1.00 bits per heavy atom. The second-order valence-corrected chi connectivity index (χ2v) is 9.18. The van der Waals surface area contributed by atoms with Crippen molar-refractivity contribution in [2.45, 2.75) is 26.7 Å². The van der Waals surface area contributed by atoms with Gasteiger partial charge in [0, 0.05) is 10.7 Å². The van der Waals surface area contributed by atoms with E-state index in [9.17, 15) is 4.79 Å². The van der Waals surface area contributed by atoms with E-state index in [0.717, 1.165) is 22.5 Å². The normalized spacial score (nSPS) is 11.1. The van der Waals surface area contributed by atoms with Crippen LogP contribution in [-0.4, -0.2) is 26.0 Å². The van der Waals surface area contributed by atoms with Gasteiger partial charge in [-0.3, -0.25) is 10.1 Å². The zero-order valence-corrected chi connectivity index (χ0v) is 20.5. The predicted octanol–water partition coefficient (Wildman–Crippen LogP) is 6.29. The van der Waals surface area contributed by atoms with Crippen LogP contribution >= 0.6 is 35.4 Å². The number of fused-ring (bicyclic) bond motifs is 1. The number of halogens is 2. The predicted molar refractivity (Wildman–Crippen MR) is 138 cm³/mol. The maximum atomic E-state index is 12.5. The van der Waals surface area contributed by atoms with Crippen LogP contribution in [0.4, 0.5) is 5.69 Å². The van der Waals surface area contributed by atoms with Crippen LogP contribution in [0.15, 0.2) is 54.6 Å². The molecule has 168 valence electrons. The summed E-state index contributed by atoms with van der Waals surface area (Å²) < 4.78 is 0. The van der Waals surface area contributed by atoms with E-state index >= 15 is 0 Å². The lowest BCUT2D eigenvalue weighted by molar-refractivity contribution is 0.0978. The highest BCUT2D eigenvalue weighted by atomic mass is 35.5. The van der Waals surface area contributed by atoms with Crippen LogP contribution in [-0.2, 0) is 0 Å². The van der Waals surface area contributed by atoms with E-state index in [1.165, 1.54) is 11.6 Å². The smallest absolute Gasteiger partial charge is 0.258 e. The maximum absolute atomic E-state index is 12.5. The fourth-order valence-electron chi connectivity index (χ4n) is 3.31. The number of amides is 1. The zero-order valence-electron chi connectivity index (χ0n) is 18.2. The number of nitrogens with zero attached hydrogens (tertiary/aromatic N) is 3. The number of rotatable bonds is 4. The summed E-state index contributed by atoms with van der Waals surface area (Å²) in [5.74, 6) is 0.0312. The number of carbonyl (C=O) groups excluding carboxylic acids is 1. The molecule has 0 atom stereocenters. The van der Waals surface area contributed by atoms with E-state index < -0.39 is 5.91 Å². The first-order chi connectivity index (χ1) is 15.7. The van der Waals surface area contributed by atoms with Crippen LogP contribution in [0.3, 0.4) is 0 Å². The van der Waals surface area contributed by atoms with Crippen LogP contribution < -0.4 is 10.6 Å². The zero-order chi connectivity index (χ0) is 23.7. The van der Waals surface area contributed by atoms with E-state index in [1.807, 2.05) is 31.2 Å². The molecule has 9 heteroatoms. The summed E-state index contributed by atoms with van der Waals surface area (Å²) in [6.07, 6.45) is 0. The Morgan fingerprint density at radius 3 is 2.30 bits per heavy atom. The summed E-state index contributed by atoms with van der Waals surface area (Å²) in [4.78, 5) is 14.1. The lowest BCUT2D eigenvalue weighted by atomic mass is 10.0. The first kappa shape index (κ1) is 23.2. The Labute approximate surface area is 206 Å². The number of aromatic nitrogens is 3. The average Bonchev–Trinajstić information content (AvgIpc) is 3.16. The molecule has 4 aromatic rings. The number of hydrogen-bond acceptors (Lipinski definition) is 4. The SMILES string of the molecule is Cc1cc2nn(-c3ccc(C(C)C)cc3)nc2cc1NC(=S)NC(=O)c1ccc(Cl)cc1Cl. The molecule has 0 aliphatic rings. The Balaban J connectivity index is 1.52. The fourth-order valence-corrected chi connectivity index (χ4v) is 4.01. The second kappa shape index (κ2) is 9.47. The monoisotopic (exact) mass is 497 g/mol. The molecule has 0 spiro atoms. The van der Waals surface area contributed by atoms with Gasteiger partial charge in [0.25, 0.3) is 5.91 Å². The van der Waals surface area contributed by atoms with Gasteiger partial charge < -0.3 is 5.32 Å². The number of carbonyl (C=O) groups is 1.